The van der Waals surface area contributed by atoms with Crippen LogP contribution in [0.15, 0.2) is 12.3 Å². The smallest absolute Gasteiger partial charge is 0.329 e. The van der Waals surface area contributed by atoms with Crippen molar-refractivity contribution in [2.24, 2.45) is 5.92 Å². The monoisotopic (exact) mass is 293 g/mol. The molecule has 2 rings (SSSR count). The lowest BCUT2D eigenvalue weighted by molar-refractivity contribution is -0.385. The third-order valence-corrected chi connectivity index (χ3v) is 4.17. The van der Waals surface area contributed by atoms with Crippen molar-refractivity contribution in [2.45, 2.75) is 45.1 Å². The fourth-order valence-electron chi connectivity index (χ4n) is 2.66. The van der Waals surface area contributed by atoms with Crippen LogP contribution in [-0.2, 0) is 4.79 Å². The first-order valence-corrected chi connectivity index (χ1v) is 6.97. The molecule has 1 aliphatic carbocycles. The number of aliphatic carboxylic acids is 1. The lowest BCUT2D eigenvalue weighted by atomic mass is 9.77. The number of aromatic nitrogens is 1. The summed E-state index contributed by atoms with van der Waals surface area (Å²) in [6.45, 7) is 3.80. The van der Waals surface area contributed by atoms with E-state index in [1.54, 1.807) is 6.92 Å². The predicted octanol–water partition coefficient (Wildman–Crippen LogP) is 2.74. The number of rotatable bonds is 4. The normalized spacial score (nSPS) is 25.3. The van der Waals surface area contributed by atoms with Gasteiger partial charge in [0.2, 0.25) is 0 Å². The van der Waals surface area contributed by atoms with Crippen molar-refractivity contribution in [1.82, 2.24) is 4.98 Å². The molecule has 0 atom stereocenters. The summed E-state index contributed by atoms with van der Waals surface area (Å²) in [6, 6.07) is 1.40. The van der Waals surface area contributed by atoms with Crippen LogP contribution in [-0.4, -0.2) is 26.5 Å². The van der Waals surface area contributed by atoms with Gasteiger partial charge >= 0.3 is 5.97 Å². The van der Waals surface area contributed by atoms with E-state index in [2.05, 4.69) is 17.2 Å². The topological polar surface area (TPSA) is 105 Å². The number of aryl methyl sites for hydroxylation is 1. The Hall–Kier alpha value is -2.18. The zero-order valence-corrected chi connectivity index (χ0v) is 12.1. The van der Waals surface area contributed by atoms with E-state index >= 15 is 0 Å². The number of anilines is 1. The highest BCUT2D eigenvalue weighted by Gasteiger charge is 2.41. The highest BCUT2D eigenvalue weighted by Crippen LogP contribution is 2.35. The van der Waals surface area contributed by atoms with Gasteiger partial charge in [0, 0.05) is 6.07 Å². The molecule has 0 spiro atoms. The first-order valence-electron chi connectivity index (χ1n) is 6.97. The van der Waals surface area contributed by atoms with Crippen LogP contribution in [0, 0.1) is 23.0 Å². The Morgan fingerprint density at radius 2 is 2.14 bits per heavy atom. The fraction of sp³-hybridized carbons (Fsp3) is 0.571. The number of carboxylic acid groups (broad SMARTS) is 1. The molecule has 0 unspecified atom stereocenters. The van der Waals surface area contributed by atoms with E-state index in [9.17, 15) is 20.0 Å². The highest BCUT2D eigenvalue weighted by atomic mass is 16.6. The Morgan fingerprint density at radius 3 is 2.62 bits per heavy atom. The minimum Gasteiger partial charge on any atom is -0.480 e. The summed E-state index contributed by atoms with van der Waals surface area (Å²) in [5, 5.41) is 23.3. The molecule has 7 nitrogen and oxygen atoms in total. The maximum atomic E-state index is 11.7. The van der Waals surface area contributed by atoms with E-state index in [1.807, 2.05) is 0 Å². The number of hydrogen-bond donors (Lipinski definition) is 2. The van der Waals surface area contributed by atoms with Gasteiger partial charge in [-0.25, -0.2) is 9.78 Å². The number of pyridine rings is 1. The van der Waals surface area contributed by atoms with Crippen LogP contribution in [0.25, 0.3) is 0 Å². The largest absolute Gasteiger partial charge is 0.480 e. The molecule has 1 aromatic rings. The summed E-state index contributed by atoms with van der Waals surface area (Å²) in [7, 11) is 0. The van der Waals surface area contributed by atoms with Gasteiger partial charge in [0.1, 0.15) is 17.6 Å². The molecule has 1 fully saturated rings. The van der Waals surface area contributed by atoms with Gasteiger partial charge in [0.05, 0.1) is 4.92 Å². The summed E-state index contributed by atoms with van der Waals surface area (Å²) in [5.74, 6) is 0.0247. The molecule has 1 aliphatic rings. The highest BCUT2D eigenvalue weighted by molar-refractivity contribution is 5.83. The summed E-state index contributed by atoms with van der Waals surface area (Å²) in [6.07, 6.45) is 3.89. The van der Waals surface area contributed by atoms with E-state index in [0.29, 0.717) is 30.1 Å². The molecule has 0 aliphatic heterocycles. The third-order valence-electron chi connectivity index (χ3n) is 4.17. The fourth-order valence-corrected chi connectivity index (χ4v) is 2.66. The van der Waals surface area contributed by atoms with Crippen molar-refractivity contribution in [1.29, 1.82) is 0 Å². The summed E-state index contributed by atoms with van der Waals surface area (Å²) in [5.41, 5.74) is -0.552. The minimum absolute atomic E-state index is 0.0975. The van der Waals surface area contributed by atoms with Crippen molar-refractivity contribution >= 4 is 17.5 Å². The summed E-state index contributed by atoms with van der Waals surface area (Å²) >= 11 is 0. The average Bonchev–Trinajstić information content (AvgIpc) is 2.43. The minimum atomic E-state index is -1.03. The number of nitrogens with one attached hydrogen (secondary N) is 1. The molecule has 1 aromatic heterocycles. The molecular formula is C14H19N3O4. The first kappa shape index (κ1) is 15.2. The van der Waals surface area contributed by atoms with Gasteiger partial charge < -0.3 is 10.4 Å². The van der Waals surface area contributed by atoms with E-state index in [1.165, 1.54) is 6.07 Å². The van der Waals surface area contributed by atoms with Crippen LogP contribution >= 0.6 is 0 Å². The molecule has 0 saturated heterocycles. The van der Waals surface area contributed by atoms with Gasteiger partial charge in [-0.15, -0.1) is 0 Å². The lowest BCUT2D eigenvalue weighted by Crippen LogP contribution is -2.49. The summed E-state index contributed by atoms with van der Waals surface area (Å²) < 4.78 is 0. The Kier molecular flexibility index (Phi) is 4.11. The van der Waals surface area contributed by atoms with E-state index in [-0.39, 0.29) is 5.69 Å². The number of carboxylic acids is 1. The number of carbonyl (C=O) groups is 1. The Bertz CT molecular complexity index is 565. The molecule has 1 heterocycles. The third kappa shape index (κ3) is 3.12. The zero-order chi connectivity index (χ0) is 15.6. The molecule has 114 valence electrons. The van der Waals surface area contributed by atoms with Crippen LogP contribution in [0.2, 0.25) is 0 Å². The standard InChI is InChI=1S/C14H19N3O4/c1-9-3-5-14(6-4-9,13(18)19)16-12-10(2)7-11(8-15-12)17(20)21/h7-9H,3-6H2,1-2H3,(H,15,16)(H,18,19). The second-order valence-electron chi connectivity index (χ2n) is 5.81. The Labute approximate surface area is 122 Å². The lowest BCUT2D eigenvalue weighted by Gasteiger charge is -2.37. The molecule has 0 radical (unpaired) electrons. The van der Waals surface area contributed by atoms with Crippen molar-refractivity contribution < 1.29 is 14.8 Å². The maximum Gasteiger partial charge on any atom is 0.329 e. The van der Waals surface area contributed by atoms with Gasteiger partial charge in [-0.05, 0) is 44.1 Å². The van der Waals surface area contributed by atoms with Crippen LogP contribution in [0.5, 0.6) is 0 Å². The maximum absolute atomic E-state index is 11.7. The number of hydrogen-bond acceptors (Lipinski definition) is 5. The van der Waals surface area contributed by atoms with Crippen LogP contribution < -0.4 is 5.32 Å². The Morgan fingerprint density at radius 1 is 1.52 bits per heavy atom. The van der Waals surface area contributed by atoms with E-state index in [4.69, 9.17) is 0 Å². The number of nitrogens with zero attached hydrogens (tertiary/aromatic N) is 2. The number of nitro groups is 1. The van der Waals surface area contributed by atoms with Gasteiger partial charge in [-0.1, -0.05) is 6.92 Å². The molecule has 0 aromatic carbocycles. The van der Waals surface area contributed by atoms with E-state index < -0.39 is 16.4 Å². The van der Waals surface area contributed by atoms with Crippen molar-refractivity contribution in [2.75, 3.05) is 5.32 Å². The average molecular weight is 293 g/mol. The molecule has 2 N–H and O–H groups in total. The second kappa shape index (κ2) is 5.67. The Balaban J connectivity index is 2.26. The van der Waals surface area contributed by atoms with Gasteiger partial charge in [0.25, 0.3) is 5.69 Å². The van der Waals surface area contributed by atoms with Crippen molar-refractivity contribution in [3.8, 4) is 0 Å². The molecule has 21 heavy (non-hydrogen) atoms. The quantitative estimate of drug-likeness (QED) is 0.653. The molecule has 0 amide bonds. The zero-order valence-electron chi connectivity index (χ0n) is 12.1. The molecular weight excluding hydrogens is 274 g/mol. The van der Waals surface area contributed by atoms with Crippen LogP contribution in [0.1, 0.15) is 38.2 Å². The van der Waals surface area contributed by atoms with Gasteiger partial charge in [0.15, 0.2) is 0 Å². The first-order chi connectivity index (χ1) is 9.84. The van der Waals surface area contributed by atoms with Crippen molar-refractivity contribution in [3.05, 3.63) is 27.9 Å². The van der Waals surface area contributed by atoms with Gasteiger partial charge in [-0.3, -0.25) is 10.1 Å². The van der Waals surface area contributed by atoms with Crippen LogP contribution in [0.3, 0.4) is 0 Å². The molecule has 0 bridgehead atoms. The molecule has 1 saturated carbocycles. The predicted molar refractivity (Wildman–Crippen MR) is 77.2 cm³/mol. The van der Waals surface area contributed by atoms with Crippen LogP contribution in [0.4, 0.5) is 11.5 Å². The van der Waals surface area contributed by atoms with Gasteiger partial charge in [-0.2, -0.15) is 0 Å². The SMILES string of the molecule is Cc1cc([N+](=O)[O-])cnc1NC1(C(=O)O)CCC(C)CC1. The molecule has 7 heteroatoms. The summed E-state index contributed by atoms with van der Waals surface area (Å²) in [4.78, 5) is 25.9. The van der Waals surface area contributed by atoms with Crippen molar-refractivity contribution in [3.63, 3.8) is 0 Å². The second-order valence-corrected chi connectivity index (χ2v) is 5.81. The van der Waals surface area contributed by atoms with E-state index in [0.717, 1.165) is 19.0 Å².